The maximum absolute atomic E-state index is 11.5. The Labute approximate surface area is 92.7 Å². The smallest absolute Gasteiger partial charge is 0.308 e. The van der Waals surface area contributed by atoms with E-state index in [9.17, 15) is 9.59 Å². The number of carboxylic acid groups (broad SMARTS) is 1. The van der Waals surface area contributed by atoms with Gasteiger partial charge in [0.25, 0.3) is 0 Å². The molecular weight excluding hydrogens is 208 g/mol. The van der Waals surface area contributed by atoms with Crippen LogP contribution in [-0.4, -0.2) is 33.4 Å². The van der Waals surface area contributed by atoms with Gasteiger partial charge in [-0.15, -0.1) is 0 Å². The van der Waals surface area contributed by atoms with E-state index >= 15 is 0 Å². The van der Waals surface area contributed by atoms with Crippen LogP contribution in [0.4, 0.5) is 0 Å². The van der Waals surface area contributed by atoms with Gasteiger partial charge in [-0.25, -0.2) is 0 Å². The van der Waals surface area contributed by atoms with Gasteiger partial charge in [-0.3, -0.25) is 14.6 Å². The van der Waals surface area contributed by atoms with Crippen molar-refractivity contribution in [3.8, 4) is 0 Å². The van der Waals surface area contributed by atoms with Crippen LogP contribution in [0, 0.1) is 5.92 Å². The van der Waals surface area contributed by atoms with Crippen molar-refractivity contribution in [1.82, 2.24) is 9.88 Å². The molecule has 0 bridgehead atoms. The summed E-state index contributed by atoms with van der Waals surface area (Å²) in [6.45, 7) is 0.765. The third-order valence-corrected chi connectivity index (χ3v) is 2.69. The van der Waals surface area contributed by atoms with Gasteiger partial charge >= 0.3 is 5.97 Å². The number of carbonyl (C=O) groups is 2. The van der Waals surface area contributed by atoms with Crippen LogP contribution in [0.2, 0.25) is 0 Å². The molecule has 16 heavy (non-hydrogen) atoms. The summed E-state index contributed by atoms with van der Waals surface area (Å²) in [5.41, 5.74) is 0.967. The molecule has 5 heteroatoms. The molecule has 1 aliphatic rings. The molecule has 1 aliphatic heterocycles. The van der Waals surface area contributed by atoms with Gasteiger partial charge in [0.05, 0.1) is 5.92 Å². The molecule has 1 saturated heterocycles. The van der Waals surface area contributed by atoms with E-state index in [4.69, 9.17) is 5.11 Å². The van der Waals surface area contributed by atoms with Crippen LogP contribution in [0.15, 0.2) is 24.5 Å². The van der Waals surface area contributed by atoms with Crippen molar-refractivity contribution in [2.75, 3.05) is 6.54 Å². The number of carbonyl (C=O) groups excluding carboxylic acids is 1. The molecule has 2 heterocycles. The number of aromatic nitrogens is 1. The maximum Gasteiger partial charge on any atom is 0.308 e. The predicted octanol–water partition coefficient (Wildman–Crippen LogP) is 0.515. The van der Waals surface area contributed by atoms with Crippen molar-refractivity contribution < 1.29 is 14.7 Å². The van der Waals surface area contributed by atoms with Crippen molar-refractivity contribution in [2.24, 2.45) is 5.92 Å². The van der Waals surface area contributed by atoms with Crippen molar-refractivity contribution in [2.45, 2.75) is 13.0 Å². The molecule has 1 atom stereocenters. The molecule has 0 saturated carbocycles. The summed E-state index contributed by atoms with van der Waals surface area (Å²) in [5.74, 6) is -1.55. The first-order valence-corrected chi connectivity index (χ1v) is 5.06. The first kappa shape index (κ1) is 10.6. The lowest BCUT2D eigenvalue weighted by Gasteiger charge is -2.15. The fraction of sp³-hybridized carbons (Fsp3) is 0.364. The van der Waals surface area contributed by atoms with Crippen molar-refractivity contribution >= 4 is 11.9 Å². The van der Waals surface area contributed by atoms with Crippen LogP contribution in [0.1, 0.15) is 12.0 Å². The number of amides is 1. The molecule has 5 nitrogen and oxygen atoms in total. The topological polar surface area (TPSA) is 70.5 Å². The van der Waals surface area contributed by atoms with E-state index in [2.05, 4.69) is 4.98 Å². The van der Waals surface area contributed by atoms with Gasteiger partial charge in [-0.05, 0) is 17.7 Å². The van der Waals surface area contributed by atoms with Gasteiger partial charge in [0.2, 0.25) is 5.91 Å². The zero-order chi connectivity index (χ0) is 11.5. The zero-order valence-corrected chi connectivity index (χ0v) is 8.67. The van der Waals surface area contributed by atoms with Crippen molar-refractivity contribution in [3.05, 3.63) is 30.1 Å². The summed E-state index contributed by atoms with van der Waals surface area (Å²) in [6.07, 6.45) is 3.43. The molecule has 2 rings (SSSR count). The highest BCUT2D eigenvalue weighted by Gasteiger charge is 2.33. The molecule has 1 amide bonds. The van der Waals surface area contributed by atoms with E-state index in [1.807, 2.05) is 12.1 Å². The molecule has 0 spiro atoms. The van der Waals surface area contributed by atoms with Gasteiger partial charge in [0, 0.05) is 31.9 Å². The second-order valence-electron chi connectivity index (χ2n) is 3.87. The summed E-state index contributed by atoms with van der Waals surface area (Å²) < 4.78 is 0. The predicted molar refractivity (Wildman–Crippen MR) is 55.4 cm³/mol. The third-order valence-electron chi connectivity index (χ3n) is 2.69. The van der Waals surface area contributed by atoms with Crippen LogP contribution in [0.25, 0.3) is 0 Å². The molecule has 84 valence electrons. The standard InChI is InChI=1S/C11H12N2O3/c14-10-5-9(11(15)16)7-13(10)6-8-1-3-12-4-2-8/h1-4,9H,5-7H2,(H,15,16)/t9-/m0/s1. The highest BCUT2D eigenvalue weighted by Crippen LogP contribution is 2.19. The van der Waals surface area contributed by atoms with E-state index < -0.39 is 11.9 Å². The van der Waals surface area contributed by atoms with E-state index in [1.165, 1.54) is 0 Å². The Morgan fingerprint density at radius 1 is 1.50 bits per heavy atom. The molecule has 0 unspecified atom stereocenters. The van der Waals surface area contributed by atoms with Gasteiger partial charge < -0.3 is 10.0 Å². The molecule has 1 aromatic rings. The third kappa shape index (κ3) is 2.18. The summed E-state index contributed by atoms with van der Waals surface area (Å²) in [4.78, 5) is 27.8. The van der Waals surface area contributed by atoms with E-state index in [-0.39, 0.29) is 12.3 Å². The lowest BCUT2D eigenvalue weighted by Crippen LogP contribution is -2.25. The highest BCUT2D eigenvalue weighted by molar-refractivity contribution is 5.86. The van der Waals surface area contributed by atoms with Gasteiger partial charge in [-0.2, -0.15) is 0 Å². The van der Waals surface area contributed by atoms with Crippen LogP contribution in [0.3, 0.4) is 0 Å². The Hall–Kier alpha value is -1.91. The maximum atomic E-state index is 11.5. The number of rotatable bonds is 3. The fourth-order valence-electron chi connectivity index (χ4n) is 1.80. The molecule has 0 aliphatic carbocycles. The second-order valence-corrected chi connectivity index (χ2v) is 3.87. The first-order chi connectivity index (χ1) is 7.66. The van der Waals surface area contributed by atoms with Crippen LogP contribution in [-0.2, 0) is 16.1 Å². The number of hydrogen-bond donors (Lipinski definition) is 1. The van der Waals surface area contributed by atoms with Gasteiger partial charge in [-0.1, -0.05) is 0 Å². The van der Waals surface area contributed by atoms with Crippen LogP contribution >= 0.6 is 0 Å². The summed E-state index contributed by atoms with van der Waals surface area (Å²) in [5, 5.41) is 8.83. The van der Waals surface area contributed by atoms with E-state index in [1.54, 1.807) is 17.3 Å². The lowest BCUT2D eigenvalue weighted by atomic mass is 10.1. The molecule has 0 aromatic carbocycles. The fourth-order valence-corrected chi connectivity index (χ4v) is 1.80. The quantitative estimate of drug-likeness (QED) is 0.805. The monoisotopic (exact) mass is 220 g/mol. The largest absolute Gasteiger partial charge is 0.481 e. The number of likely N-dealkylation sites (tertiary alicyclic amines) is 1. The van der Waals surface area contributed by atoms with E-state index in [0.717, 1.165) is 5.56 Å². The minimum Gasteiger partial charge on any atom is -0.481 e. The highest BCUT2D eigenvalue weighted by atomic mass is 16.4. The molecule has 0 radical (unpaired) electrons. The molecule has 1 fully saturated rings. The molecule has 1 N–H and O–H groups in total. The Balaban J connectivity index is 2.02. The average Bonchev–Trinajstić information content (AvgIpc) is 2.62. The minimum absolute atomic E-state index is 0.0933. The Morgan fingerprint density at radius 2 is 2.19 bits per heavy atom. The Morgan fingerprint density at radius 3 is 2.75 bits per heavy atom. The van der Waals surface area contributed by atoms with Crippen LogP contribution in [0.5, 0.6) is 0 Å². The van der Waals surface area contributed by atoms with Crippen molar-refractivity contribution in [3.63, 3.8) is 0 Å². The minimum atomic E-state index is -0.898. The average molecular weight is 220 g/mol. The van der Waals surface area contributed by atoms with Gasteiger partial charge in [0.1, 0.15) is 0 Å². The Kier molecular flexibility index (Phi) is 2.85. The number of pyridine rings is 1. The zero-order valence-electron chi connectivity index (χ0n) is 8.67. The molecular formula is C11H12N2O3. The summed E-state index contributed by atoms with van der Waals surface area (Å²) in [7, 11) is 0. The van der Waals surface area contributed by atoms with Gasteiger partial charge in [0.15, 0.2) is 0 Å². The van der Waals surface area contributed by atoms with E-state index in [0.29, 0.717) is 13.1 Å². The summed E-state index contributed by atoms with van der Waals surface area (Å²) in [6, 6.07) is 3.64. The lowest BCUT2D eigenvalue weighted by molar-refractivity contribution is -0.141. The Bertz CT molecular complexity index is 405. The number of hydrogen-bond acceptors (Lipinski definition) is 3. The normalized spacial score (nSPS) is 20.1. The number of nitrogens with zero attached hydrogens (tertiary/aromatic N) is 2. The number of aliphatic carboxylic acids is 1. The first-order valence-electron chi connectivity index (χ1n) is 5.06. The SMILES string of the molecule is O=C(O)[C@H]1CC(=O)N(Cc2ccncc2)C1. The second kappa shape index (κ2) is 4.30. The van der Waals surface area contributed by atoms with Crippen molar-refractivity contribution in [1.29, 1.82) is 0 Å². The van der Waals surface area contributed by atoms with Crippen LogP contribution < -0.4 is 0 Å². The summed E-state index contributed by atoms with van der Waals surface area (Å²) >= 11 is 0. The molecule has 1 aromatic heterocycles. The number of carboxylic acids is 1.